The number of fused-ring (bicyclic) bond motifs is 1. The Morgan fingerprint density at radius 1 is 1.21 bits per heavy atom. The van der Waals surface area contributed by atoms with Gasteiger partial charge in [0.1, 0.15) is 23.9 Å². The number of ether oxygens (including phenoxy) is 3. The number of benzene rings is 2. The molecule has 3 rings (SSSR count). The lowest BCUT2D eigenvalue weighted by Gasteiger charge is -2.25. The standard InChI is InChI=1S/C18H18ClNO4/c1-22-14-4-6-17(23-2)15(9-14)20-18(21)12-7-11-8-13(19)3-5-16(11)24-10-12/h3-6,8-9,12H,7,10H2,1-2H3,(H,20,21). The quantitative estimate of drug-likeness (QED) is 0.919. The third-order valence-corrected chi connectivity index (χ3v) is 4.20. The van der Waals surface area contributed by atoms with E-state index in [4.69, 9.17) is 25.8 Å². The summed E-state index contributed by atoms with van der Waals surface area (Å²) in [5.41, 5.74) is 1.50. The van der Waals surface area contributed by atoms with Crippen LogP contribution in [-0.4, -0.2) is 26.7 Å². The van der Waals surface area contributed by atoms with Crippen LogP contribution in [-0.2, 0) is 11.2 Å². The highest BCUT2D eigenvalue weighted by atomic mass is 35.5. The minimum atomic E-state index is -0.299. The normalized spacial score (nSPS) is 15.9. The molecule has 0 spiro atoms. The molecule has 1 amide bonds. The molecule has 0 saturated heterocycles. The topological polar surface area (TPSA) is 56.8 Å². The minimum absolute atomic E-state index is 0.132. The van der Waals surface area contributed by atoms with Gasteiger partial charge in [-0.05, 0) is 42.3 Å². The van der Waals surface area contributed by atoms with E-state index < -0.39 is 0 Å². The number of amides is 1. The van der Waals surface area contributed by atoms with Gasteiger partial charge in [-0.2, -0.15) is 0 Å². The molecule has 0 aromatic heterocycles. The van der Waals surface area contributed by atoms with Crippen molar-refractivity contribution in [3.8, 4) is 17.2 Å². The lowest BCUT2D eigenvalue weighted by atomic mass is 9.96. The van der Waals surface area contributed by atoms with E-state index in [-0.39, 0.29) is 11.8 Å². The van der Waals surface area contributed by atoms with Crippen LogP contribution in [0.25, 0.3) is 0 Å². The number of hydrogen-bond donors (Lipinski definition) is 1. The van der Waals surface area contributed by atoms with Gasteiger partial charge in [0.25, 0.3) is 0 Å². The Bertz CT molecular complexity index is 763. The van der Waals surface area contributed by atoms with E-state index in [1.807, 2.05) is 12.1 Å². The maximum atomic E-state index is 12.6. The maximum Gasteiger partial charge on any atom is 0.231 e. The molecule has 1 aliphatic heterocycles. The number of anilines is 1. The van der Waals surface area contributed by atoms with Crippen molar-refractivity contribution in [3.63, 3.8) is 0 Å². The fourth-order valence-electron chi connectivity index (χ4n) is 2.68. The number of nitrogens with one attached hydrogen (secondary N) is 1. The largest absolute Gasteiger partial charge is 0.497 e. The number of carbonyl (C=O) groups excluding carboxylic acids is 1. The van der Waals surface area contributed by atoms with E-state index >= 15 is 0 Å². The average Bonchev–Trinajstić information content (AvgIpc) is 2.60. The van der Waals surface area contributed by atoms with Gasteiger partial charge < -0.3 is 19.5 Å². The van der Waals surface area contributed by atoms with Crippen molar-refractivity contribution in [2.45, 2.75) is 6.42 Å². The smallest absolute Gasteiger partial charge is 0.231 e. The second-order valence-electron chi connectivity index (χ2n) is 5.52. The Hall–Kier alpha value is -2.40. The molecular formula is C18H18ClNO4. The second kappa shape index (κ2) is 7.01. The summed E-state index contributed by atoms with van der Waals surface area (Å²) in [6, 6.07) is 10.7. The molecule has 2 aromatic carbocycles. The van der Waals surface area contributed by atoms with E-state index in [0.29, 0.717) is 35.2 Å². The highest BCUT2D eigenvalue weighted by Crippen LogP contribution is 2.32. The lowest BCUT2D eigenvalue weighted by Crippen LogP contribution is -2.32. The summed E-state index contributed by atoms with van der Waals surface area (Å²) in [5, 5.41) is 3.53. The fraction of sp³-hybridized carbons (Fsp3) is 0.278. The molecule has 1 N–H and O–H groups in total. The van der Waals surface area contributed by atoms with Crippen LogP contribution < -0.4 is 19.5 Å². The molecule has 0 aliphatic carbocycles. The van der Waals surface area contributed by atoms with Gasteiger partial charge in [0.15, 0.2) is 0 Å². The van der Waals surface area contributed by atoms with Crippen LogP contribution in [0.4, 0.5) is 5.69 Å². The summed E-state index contributed by atoms with van der Waals surface area (Å²) in [6.07, 6.45) is 0.577. The van der Waals surface area contributed by atoms with Gasteiger partial charge in [-0.1, -0.05) is 11.6 Å². The van der Waals surface area contributed by atoms with Crippen LogP contribution in [0.15, 0.2) is 36.4 Å². The van der Waals surface area contributed by atoms with Crippen molar-refractivity contribution in [1.82, 2.24) is 0 Å². The van der Waals surface area contributed by atoms with Crippen molar-refractivity contribution in [3.05, 3.63) is 47.0 Å². The first-order chi connectivity index (χ1) is 11.6. The summed E-state index contributed by atoms with van der Waals surface area (Å²) in [6.45, 7) is 0.326. The molecule has 126 valence electrons. The molecule has 0 saturated carbocycles. The molecule has 1 atom stereocenters. The van der Waals surface area contributed by atoms with E-state index in [2.05, 4.69) is 5.32 Å². The molecule has 0 fully saturated rings. The summed E-state index contributed by atoms with van der Waals surface area (Å²) in [5.74, 6) is 1.56. The number of halogens is 1. The zero-order valence-corrected chi connectivity index (χ0v) is 14.2. The Labute approximate surface area is 145 Å². The number of rotatable bonds is 4. The van der Waals surface area contributed by atoms with Crippen molar-refractivity contribution < 1.29 is 19.0 Å². The van der Waals surface area contributed by atoms with Crippen LogP contribution in [0.3, 0.4) is 0 Å². The third kappa shape index (κ3) is 3.41. The van der Waals surface area contributed by atoms with Crippen LogP contribution in [0.1, 0.15) is 5.56 Å². The summed E-state index contributed by atoms with van der Waals surface area (Å²) >= 11 is 6.02. The molecule has 24 heavy (non-hydrogen) atoms. The zero-order valence-electron chi connectivity index (χ0n) is 13.5. The van der Waals surface area contributed by atoms with Crippen LogP contribution in [0.5, 0.6) is 17.2 Å². The van der Waals surface area contributed by atoms with Crippen LogP contribution in [0.2, 0.25) is 5.02 Å². The SMILES string of the molecule is COc1ccc(OC)c(NC(=O)C2COc3ccc(Cl)cc3C2)c1. The van der Waals surface area contributed by atoms with Crippen molar-refractivity contribution in [2.24, 2.45) is 5.92 Å². The van der Waals surface area contributed by atoms with Gasteiger partial charge in [-0.3, -0.25) is 4.79 Å². The van der Waals surface area contributed by atoms with E-state index in [9.17, 15) is 4.79 Å². The van der Waals surface area contributed by atoms with Crippen LogP contribution in [0, 0.1) is 5.92 Å². The maximum absolute atomic E-state index is 12.6. The number of hydrogen-bond acceptors (Lipinski definition) is 4. The molecule has 0 radical (unpaired) electrons. The highest BCUT2D eigenvalue weighted by molar-refractivity contribution is 6.30. The first-order valence-corrected chi connectivity index (χ1v) is 7.92. The molecule has 1 heterocycles. The Morgan fingerprint density at radius 2 is 2.04 bits per heavy atom. The average molecular weight is 348 g/mol. The zero-order chi connectivity index (χ0) is 17.1. The molecule has 1 unspecified atom stereocenters. The van der Waals surface area contributed by atoms with Crippen molar-refractivity contribution in [2.75, 3.05) is 26.1 Å². The summed E-state index contributed by atoms with van der Waals surface area (Å²) in [7, 11) is 3.13. The van der Waals surface area contributed by atoms with E-state index in [0.717, 1.165) is 11.3 Å². The van der Waals surface area contributed by atoms with E-state index in [1.165, 1.54) is 0 Å². The second-order valence-corrected chi connectivity index (χ2v) is 5.96. The lowest BCUT2D eigenvalue weighted by molar-refractivity contribution is -0.121. The van der Waals surface area contributed by atoms with Gasteiger partial charge >= 0.3 is 0 Å². The molecular weight excluding hydrogens is 330 g/mol. The van der Waals surface area contributed by atoms with Gasteiger partial charge in [0.2, 0.25) is 5.91 Å². The van der Waals surface area contributed by atoms with Crippen LogP contribution >= 0.6 is 11.6 Å². The molecule has 1 aliphatic rings. The predicted octanol–water partition coefficient (Wildman–Crippen LogP) is 3.55. The molecule has 5 nitrogen and oxygen atoms in total. The molecule has 0 bridgehead atoms. The van der Waals surface area contributed by atoms with Gasteiger partial charge in [0, 0.05) is 11.1 Å². The predicted molar refractivity (Wildman–Crippen MR) is 92.3 cm³/mol. The Morgan fingerprint density at radius 3 is 2.79 bits per heavy atom. The Balaban J connectivity index is 1.76. The van der Waals surface area contributed by atoms with Gasteiger partial charge in [-0.25, -0.2) is 0 Å². The van der Waals surface area contributed by atoms with Gasteiger partial charge in [-0.15, -0.1) is 0 Å². The first kappa shape index (κ1) is 16.5. The van der Waals surface area contributed by atoms with E-state index in [1.54, 1.807) is 38.5 Å². The minimum Gasteiger partial charge on any atom is -0.497 e. The molecule has 6 heteroatoms. The monoisotopic (exact) mass is 347 g/mol. The Kier molecular flexibility index (Phi) is 4.81. The first-order valence-electron chi connectivity index (χ1n) is 7.55. The van der Waals surface area contributed by atoms with Crippen molar-refractivity contribution >= 4 is 23.2 Å². The van der Waals surface area contributed by atoms with Crippen molar-refractivity contribution in [1.29, 1.82) is 0 Å². The summed E-state index contributed by atoms with van der Waals surface area (Å²) in [4.78, 5) is 12.6. The van der Waals surface area contributed by atoms with Gasteiger partial charge in [0.05, 0.1) is 25.8 Å². The highest BCUT2D eigenvalue weighted by Gasteiger charge is 2.27. The summed E-state index contributed by atoms with van der Waals surface area (Å²) < 4.78 is 16.2. The third-order valence-electron chi connectivity index (χ3n) is 3.96. The number of carbonyl (C=O) groups is 1. The molecule has 2 aromatic rings. The number of methoxy groups -OCH3 is 2. The fourth-order valence-corrected chi connectivity index (χ4v) is 2.87.